The summed E-state index contributed by atoms with van der Waals surface area (Å²) in [5.41, 5.74) is 0.849. The molecule has 18 nitrogen and oxygen atoms in total. The average molecular weight is 634 g/mol. The second-order valence-corrected chi connectivity index (χ2v) is 14.5. The van der Waals surface area contributed by atoms with Gasteiger partial charge in [0.15, 0.2) is 23.8 Å². The monoisotopic (exact) mass is 633 g/mol. The Bertz CT molecular complexity index is 1540. The second kappa shape index (κ2) is 10.6. The molecule has 2 bridgehead atoms. The Morgan fingerprint density at radius 3 is 2.95 bits per heavy atom. The third-order valence-corrected chi connectivity index (χ3v) is 9.44. The summed E-state index contributed by atoms with van der Waals surface area (Å²) in [6, 6.07) is -1.07. The van der Waals surface area contributed by atoms with Crippen molar-refractivity contribution in [3.63, 3.8) is 0 Å². The number of hydrogen-bond donors (Lipinski definition) is 5. The number of guanidine groups is 1. The number of hydrogen-bond acceptors (Lipinski definition) is 15. The normalized spacial score (nSPS) is 36.9. The SMILES string of the molecule is N=C1N=C2C(N=CN2[C@H]2O[C@@H]3COP(O)(=S)OCCn4c(nc5cncnc54)COP(=O)(S)O[C@@H]2[C@@H]3O)C(=O)N1. The fraction of sp³-hybridized carbons (Fsp3) is 0.500. The molecular formula is C18H21N9O9P2S2. The average Bonchev–Trinajstić information content (AvgIpc) is 3.55. The van der Waals surface area contributed by atoms with Gasteiger partial charge in [-0.1, -0.05) is 12.2 Å². The zero-order valence-corrected chi connectivity index (χ0v) is 23.6. The van der Waals surface area contributed by atoms with Crippen LogP contribution in [0.25, 0.3) is 11.2 Å². The Kier molecular flexibility index (Phi) is 7.37. The quantitative estimate of drug-likeness (QED) is 0.193. The molecule has 40 heavy (non-hydrogen) atoms. The molecule has 4 N–H and O–H groups in total. The first-order valence-electron chi connectivity index (χ1n) is 11.6. The number of aliphatic imine (C=N–C) groups is 2. The number of amides is 1. The predicted octanol–water partition coefficient (Wildman–Crippen LogP) is -0.709. The molecule has 0 radical (unpaired) electrons. The molecule has 214 valence electrons. The summed E-state index contributed by atoms with van der Waals surface area (Å²) in [6.45, 7) is -8.80. The van der Waals surface area contributed by atoms with Crippen molar-refractivity contribution in [2.75, 3.05) is 13.2 Å². The molecule has 6 heterocycles. The predicted molar refractivity (Wildman–Crippen MR) is 142 cm³/mol. The molecule has 0 aromatic carbocycles. The van der Waals surface area contributed by atoms with Crippen LogP contribution < -0.4 is 5.32 Å². The Morgan fingerprint density at radius 2 is 2.12 bits per heavy atom. The maximum absolute atomic E-state index is 13.4. The molecule has 4 aliphatic heterocycles. The van der Waals surface area contributed by atoms with Gasteiger partial charge in [-0.25, -0.2) is 19.5 Å². The van der Waals surface area contributed by atoms with Crippen molar-refractivity contribution in [1.82, 2.24) is 29.7 Å². The molecule has 4 aliphatic rings. The first-order valence-corrected chi connectivity index (χ1v) is 16.9. The Balaban J connectivity index is 1.33. The highest BCUT2D eigenvalue weighted by Crippen LogP contribution is 2.56. The number of aliphatic hydroxyl groups is 1. The third-order valence-electron chi connectivity index (χ3n) is 6.22. The number of imidazole rings is 1. The van der Waals surface area contributed by atoms with Crippen LogP contribution in [0.3, 0.4) is 0 Å². The summed E-state index contributed by atoms with van der Waals surface area (Å²) in [5.74, 6) is -0.720. The molecule has 3 unspecified atom stereocenters. The number of ether oxygens (including phenoxy) is 1. The van der Waals surface area contributed by atoms with Crippen molar-refractivity contribution in [2.24, 2.45) is 9.98 Å². The van der Waals surface area contributed by atoms with E-state index in [0.29, 0.717) is 11.2 Å². The smallest absolute Gasteiger partial charge is 0.387 e. The molecule has 7 atom stereocenters. The highest BCUT2D eigenvalue weighted by molar-refractivity contribution is 8.44. The van der Waals surface area contributed by atoms with E-state index in [1.54, 1.807) is 4.57 Å². The van der Waals surface area contributed by atoms with Crippen LogP contribution in [0.1, 0.15) is 5.82 Å². The van der Waals surface area contributed by atoms with Crippen molar-refractivity contribution in [3.8, 4) is 0 Å². The summed E-state index contributed by atoms with van der Waals surface area (Å²) < 4.78 is 43.1. The molecule has 0 saturated carbocycles. The van der Waals surface area contributed by atoms with Gasteiger partial charge in [-0.2, -0.15) is 4.99 Å². The van der Waals surface area contributed by atoms with E-state index in [1.165, 1.54) is 23.8 Å². The minimum Gasteiger partial charge on any atom is -0.387 e. The Labute approximate surface area is 235 Å². The molecule has 0 aliphatic carbocycles. The van der Waals surface area contributed by atoms with E-state index >= 15 is 0 Å². The standard InChI is InChI=1S/C18H21N9O9P2S2/c19-18-24-15-11(16(29)25-18)22-7-27(15)17-13-12(28)9(35-17)4-33-37(30,39)32-2-1-26-10(5-34-38(31,40)36-13)23-8-3-20-6-21-14(8)26/h3,6-7,9,11-13,17,28H,1-2,4-5H2,(H,30,39)(H,31,40)(H2,19,25,29)/t9-,11?,12-,13-,17+,37?,38?/m1/s1. The zero-order valence-electron chi connectivity index (χ0n) is 20.1. The lowest BCUT2D eigenvalue weighted by Crippen LogP contribution is -2.53. The number of carbonyl (C=O) groups excluding carboxylic acids is 1. The van der Waals surface area contributed by atoms with E-state index in [1.807, 2.05) is 0 Å². The maximum atomic E-state index is 13.4. The highest BCUT2D eigenvalue weighted by Gasteiger charge is 2.53. The third kappa shape index (κ3) is 5.37. The largest absolute Gasteiger partial charge is 0.387 e. The van der Waals surface area contributed by atoms with E-state index in [-0.39, 0.29) is 31.4 Å². The van der Waals surface area contributed by atoms with Gasteiger partial charge in [0.1, 0.15) is 42.6 Å². The van der Waals surface area contributed by atoms with E-state index in [0.717, 1.165) is 0 Å². The lowest BCUT2D eigenvalue weighted by Gasteiger charge is -2.31. The molecule has 1 saturated heterocycles. The summed E-state index contributed by atoms with van der Waals surface area (Å²) >= 11 is 9.22. The van der Waals surface area contributed by atoms with Gasteiger partial charge in [0.05, 0.1) is 25.7 Å². The van der Waals surface area contributed by atoms with Gasteiger partial charge >= 0.3 is 13.5 Å². The van der Waals surface area contributed by atoms with Crippen molar-refractivity contribution in [2.45, 2.75) is 43.7 Å². The number of thiol groups is 1. The molecule has 2 aromatic rings. The molecule has 0 spiro atoms. The molecule has 6 rings (SSSR count). The van der Waals surface area contributed by atoms with E-state index < -0.39 is 62.6 Å². The molecular weight excluding hydrogens is 612 g/mol. The number of nitrogens with zero attached hydrogens (tertiary/aromatic N) is 7. The molecule has 1 amide bonds. The Morgan fingerprint density at radius 1 is 1.30 bits per heavy atom. The van der Waals surface area contributed by atoms with E-state index in [2.05, 4.69) is 42.5 Å². The summed E-state index contributed by atoms with van der Waals surface area (Å²) in [7, 11) is 0. The second-order valence-electron chi connectivity index (χ2n) is 8.76. The van der Waals surface area contributed by atoms with Gasteiger partial charge in [-0.3, -0.25) is 34.5 Å². The van der Waals surface area contributed by atoms with Gasteiger partial charge in [0.2, 0.25) is 5.96 Å². The van der Waals surface area contributed by atoms with Crippen LogP contribution in [-0.4, -0.2) is 102 Å². The van der Waals surface area contributed by atoms with Crippen LogP contribution in [0.2, 0.25) is 0 Å². The molecule has 2 aromatic heterocycles. The fourth-order valence-electron chi connectivity index (χ4n) is 4.47. The summed E-state index contributed by atoms with van der Waals surface area (Å²) in [5, 5.41) is 21.1. The number of rotatable bonds is 1. The van der Waals surface area contributed by atoms with Crippen LogP contribution in [0.4, 0.5) is 0 Å². The lowest BCUT2D eigenvalue weighted by atomic mass is 10.1. The molecule has 22 heteroatoms. The van der Waals surface area contributed by atoms with E-state index in [9.17, 15) is 19.4 Å². The van der Waals surface area contributed by atoms with Gasteiger partial charge in [-0.15, -0.1) is 0 Å². The van der Waals surface area contributed by atoms with Crippen LogP contribution in [-0.2, 0) is 57.1 Å². The highest BCUT2D eigenvalue weighted by atomic mass is 32.7. The van der Waals surface area contributed by atoms with Gasteiger partial charge in [0.25, 0.3) is 5.91 Å². The van der Waals surface area contributed by atoms with Crippen LogP contribution >= 0.6 is 25.8 Å². The number of carbonyl (C=O) groups is 1. The minimum atomic E-state index is -4.22. The summed E-state index contributed by atoms with van der Waals surface area (Å²) in [4.78, 5) is 44.8. The van der Waals surface area contributed by atoms with Gasteiger partial charge < -0.3 is 28.4 Å². The van der Waals surface area contributed by atoms with Crippen LogP contribution in [0.5, 0.6) is 0 Å². The Hall–Kier alpha value is -2.22. The summed E-state index contributed by atoms with van der Waals surface area (Å²) in [6.07, 6.45) is -1.35. The maximum Gasteiger partial charge on any atom is 0.387 e. The lowest BCUT2D eigenvalue weighted by molar-refractivity contribution is -0.119. The zero-order chi connectivity index (χ0) is 28.2. The number of aliphatic hydroxyl groups excluding tert-OH is 1. The van der Waals surface area contributed by atoms with Crippen molar-refractivity contribution >= 4 is 72.8 Å². The fourth-order valence-corrected chi connectivity index (χ4v) is 6.98. The number of aromatic nitrogens is 4. The topological polar surface area (TPSA) is 228 Å². The van der Waals surface area contributed by atoms with Gasteiger partial charge in [-0.05, 0) is 11.8 Å². The number of fused-ring (bicyclic) bond motifs is 6. The van der Waals surface area contributed by atoms with Crippen molar-refractivity contribution < 1.29 is 42.2 Å². The van der Waals surface area contributed by atoms with Crippen molar-refractivity contribution in [3.05, 3.63) is 18.3 Å². The number of nitrogens with one attached hydrogen (secondary N) is 2. The first kappa shape index (κ1) is 27.9. The van der Waals surface area contributed by atoms with Crippen LogP contribution in [0.15, 0.2) is 22.5 Å². The van der Waals surface area contributed by atoms with Crippen molar-refractivity contribution in [1.29, 1.82) is 5.41 Å². The number of amidine groups is 1. The van der Waals surface area contributed by atoms with Gasteiger partial charge in [0, 0.05) is 6.54 Å². The molecule has 1 fully saturated rings. The van der Waals surface area contributed by atoms with Crippen LogP contribution in [0, 0.1) is 5.41 Å². The van der Waals surface area contributed by atoms with E-state index in [4.69, 9.17) is 40.0 Å². The minimum absolute atomic E-state index is 0.0240. The first-order chi connectivity index (χ1) is 19.0.